The molecule has 6 nitrogen and oxygen atoms in total. The van der Waals surface area contributed by atoms with Gasteiger partial charge in [-0.1, -0.05) is 170 Å². The molecule has 290 valence electrons. The van der Waals surface area contributed by atoms with Crippen molar-refractivity contribution >= 4 is 43.9 Å². The van der Waals surface area contributed by atoms with Crippen LogP contribution in [-0.4, -0.2) is 19.9 Å². The molecule has 0 fully saturated rings. The molecule has 0 bridgehead atoms. The van der Waals surface area contributed by atoms with Gasteiger partial charge in [-0.15, -0.1) is 0 Å². The molecule has 0 aliphatic heterocycles. The molecule has 0 aliphatic rings. The number of fused-ring (bicyclic) bond motifs is 6. The first-order valence-electron chi connectivity index (χ1n) is 20.6. The van der Waals surface area contributed by atoms with Crippen molar-refractivity contribution in [2.45, 2.75) is 0 Å². The Balaban J connectivity index is 0.920. The number of aromatic nitrogens is 4. The predicted molar refractivity (Wildman–Crippen MR) is 250 cm³/mol. The van der Waals surface area contributed by atoms with E-state index in [4.69, 9.17) is 18.8 Å². The molecule has 0 aliphatic carbocycles. The highest BCUT2D eigenvalue weighted by Gasteiger charge is 2.21. The normalized spacial score (nSPS) is 11.5. The first-order valence-corrected chi connectivity index (χ1v) is 20.6. The van der Waals surface area contributed by atoms with E-state index in [1.165, 1.54) is 0 Å². The first-order chi connectivity index (χ1) is 30.7. The molecule has 4 aromatic heterocycles. The SMILES string of the molecule is c1ccc(-c2cc(-c3ccc(-c4ccc(-c5cccc6c5oc5ccccc56)c5oc6ccccc6c45)cc3)nc(-c3ccc(-c4cnc(-c5ccccc5)nc4)cc3)n2)cc1. The highest BCUT2D eigenvalue weighted by Crippen LogP contribution is 2.45. The van der Waals surface area contributed by atoms with Crippen molar-refractivity contribution in [3.8, 4) is 78.7 Å². The zero-order chi connectivity index (χ0) is 41.0. The van der Waals surface area contributed by atoms with Crippen molar-refractivity contribution in [2.24, 2.45) is 0 Å². The number of benzene rings is 8. The molecular weight excluding hydrogens is 761 g/mol. The fourth-order valence-corrected chi connectivity index (χ4v) is 8.57. The maximum atomic E-state index is 6.72. The van der Waals surface area contributed by atoms with Crippen LogP contribution in [0.5, 0.6) is 0 Å². The van der Waals surface area contributed by atoms with E-state index in [1.807, 2.05) is 85.2 Å². The Bertz CT molecular complexity index is 3600. The van der Waals surface area contributed by atoms with Crippen LogP contribution in [0, 0.1) is 0 Å². The number of nitrogens with zero attached hydrogens (tertiary/aromatic N) is 4. The van der Waals surface area contributed by atoms with Gasteiger partial charge in [0.05, 0.1) is 11.4 Å². The monoisotopic (exact) mass is 794 g/mol. The standard InChI is InChI=1S/C56H34N4O2/c1-3-12-37(13-4-1)48-32-49(60-56(59-48)40-28-22-35(23-29-40)41-33-57-55(58-34-41)39-14-5-2-6-15-39)38-26-24-36(25-27-38)42-30-31-46(54-52(42)47-17-8-10-21-51(47)62-54)45-19-11-18-44-43-16-7-9-20-50(43)61-53(44)45/h1-34H. The van der Waals surface area contributed by atoms with Crippen LogP contribution in [0.3, 0.4) is 0 Å². The minimum absolute atomic E-state index is 0.647. The Morgan fingerprint density at radius 1 is 0.306 bits per heavy atom. The molecule has 8 aromatic carbocycles. The van der Waals surface area contributed by atoms with Crippen molar-refractivity contribution < 1.29 is 8.83 Å². The van der Waals surface area contributed by atoms with Crippen LogP contribution in [-0.2, 0) is 0 Å². The van der Waals surface area contributed by atoms with Crippen LogP contribution < -0.4 is 0 Å². The Kier molecular flexibility index (Phi) is 8.38. The third kappa shape index (κ3) is 6.13. The largest absolute Gasteiger partial charge is 0.455 e. The van der Waals surface area contributed by atoms with E-state index in [1.54, 1.807) is 0 Å². The molecule has 0 spiro atoms. The molecule has 0 saturated carbocycles. The van der Waals surface area contributed by atoms with Gasteiger partial charge in [-0.2, -0.15) is 0 Å². The summed E-state index contributed by atoms with van der Waals surface area (Å²) in [5.74, 6) is 1.35. The third-order valence-corrected chi connectivity index (χ3v) is 11.7. The lowest BCUT2D eigenvalue weighted by Gasteiger charge is -2.12. The van der Waals surface area contributed by atoms with Crippen LogP contribution in [0.15, 0.2) is 215 Å². The fraction of sp³-hybridized carbons (Fsp3) is 0. The summed E-state index contributed by atoms with van der Waals surface area (Å²) in [6, 6.07) is 66.4. The van der Waals surface area contributed by atoms with Crippen molar-refractivity contribution in [3.05, 3.63) is 207 Å². The van der Waals surface area contributed by atoms with Gasteiger partial charge in [-0.05, 0) is 41.0 Å². The van der Waals surface area contributed by atoms with Gasteiger partial charge in [0.25, 0.3) is 0 Å². The topological polar surface area (TPSA) is 77.8 Å². The van der Waals surface area contributed by atoms with Gasteiger partial charge >= 0.3 is 0 Å². The lowest BCUT2D eigenvalue weighted by atomic mass is 9.93. The summed E-state index contributed by atoms with van der Waals surface area (Å²) in [4.78, 5) is 19.5. The average Bonchev–Trinajstić information content (AvgIpc) is 3.94. The summed E-state index contributed by atoms with van der Waals surface area (Å²) in [7, 11) is 0. The zero-order valence-corrected chi connectivity index (χ0v) is 33.2. The third-order valence-electron chi connectivity index (χ3n) is 11.7. The molecule has 0 unspecified atom stereocenters. The Hall–Kier alpha value is -8.48. The van der Waals surface area contributed by atoms with Gasteiger partial charge in [0, 0.05) is 72.9 Å². The minimum Gasteiger partial charge on any atom is -0.455 e. The highest BCUT2D eigenvalue weighted by atomic mass is 16.3. The van der Waals surface area contributed by atoms with Gasteiger partial charge < -0.3 is 8.83 Å². The molecule has 0 atom stereocenters. The van der Waals surface area contributed by atoms with Gasteiger partial charge in [-0.3, -0.25) is 0 Å². The number of hydrogen-bond acceptors (Lipinski definition) is 6. The average molecular weight is 795 g/mol. The van der Waals surface area contributed by atoms with Gasteiger partial charge in [-0.25, -0.2) is 19.9 Å². The molecule has 6 heteroatoms. The van der Waals surface area contributed by atoms with E-state index < -0.39 is 0 Å². The Morgan fingerprint density at radius 3 is 1.53 bits per heavy atom. The van der Waals surface area contributed by atoms with Crippen molar-refractivity contribution in [1.29, 1.82) is 0 Å². The van der Waals surface area contributed by atoms with Crippen LogP contribution in [0.4, 0.5) is 0 Å². The summed E-state index contributed by atoms with van der Waals surface area (Å²) in [6.07, 6.45) is 3.74. The summed E-state index contributed by atoms with van der Waals surface area (Å²) >= 11 is 0. The summed E-state index contributed by atoms with van der Waals surface area (Å²) in [5.41, 5.74) is 15.1. The molecule has 12 aromatic rings. The second kappa shape index (κ2) is 14.7. The maximum absolute atomic E-state index is 6.72. The van der Waals surface area contributed by atoms with Crippen LogP contribution in [0.2, 0.25) is 0 Å². The lowest BCUT2D eigenvalue weighted by Crippen LogP contribution is -1.96. The molecule has 0 saturated heterocycles. The van der Waals surface area contributed by atoms with Gasteiger partial charge in [0.1, 0.15) is 22.3 Å². The highest BCUT2D eigenvalue weighted by molar-refractivity contribution is 6.18. The van der Waals surface area contributed by atoms with E-state index in [-0.39, 0.29) is 0 Å². The van der Waals surface area contributed by atoms with Crippen molar-refractivity contribution in [2.75, 3.05) is 0 Å². The van der Waals surface area contributed by atoms with E-state index in [0.29, 0.717) is 11.6 Å². The molecule has 12 rings (SSSR count). The maximum Gasteiger partial charge on any atom is 0.160 e. The summed E-state index contributed by atoms with van der Waals surface area (Å²) in [6.45, 7) is 0. The van der Waals surface area contributed by atoms with Crippen LogP contribution in [0.25, 0.3) is 123 Å². The Labute approximate surface area is 356 Å². The molecule has 0 amide bonds. The second-order valence-electron chi connectivity index (χ2n) is 15.4. The molecular formula is C56H34N4O2. The quantitative estimate of drug-likeness (QED) is 0.160. The summed E-state index contributed by atoms with van der Waals surface area (Å²) < 4.78 is 13.2. The zero-order valence-electron chi connectivity index (χ0n) is 33.2. The molecule has 0 N–H and O–H groups in total. The van der Waals surface area contributed by atoms with E-state index >= 15 is 0 Å². The van der Waals surface area contributed by atoms with Crippen molar-refractivity contribution in [3.63, 3.8) is 0 Å². The first kappa shape index (κ1) is 35.5. The van der Waals surface area contributed by atoms with Crippen LogP contribution >= 0.6 is 0 Å². The van der Waals surface area contributed by atoms with Crippen molar-refractivity contribution in [1.82, 2.24) is 19.9 Å². The fourth-order valence-electron chi connectivity index (χ4n) is 8.57. The van der Waals surface area contributed by atoms with Gasteiger partial charge in [0.2, 0.25) is 0 Å². The number of hydrogen-bond donors (Lipinski definition) is 0. The Morgan fingerprint density at radius 2 is 0.806 bits per heavy atom. The number of para-hydroxylation sites is 3. The molecule has 62 heavy (non-hydrogen) atoms. The summed E-state index contributed by atoms with van der Waals surface area (Å²) in [5, 5.41) is 4.32. The second-order valence-corrected chi connectivity index (χ2v) is 15.4. The van der Waals surface area contributed by atoms with E-state index in [9.17, 15) is 0 Å². The smallest absolute Gasteiger partial charge is 0.160 e. The predicted octanol–water partition coefficient (Wildman–Crippen LogP) is 14.7. The van der Waals surface area contributed by atoms with E-state index in [0.717, 1.165) is 111 Å². The van der Waals surface area contributed by atoms with Gasteiger partial charge in [0.15, 0.2) is 11.6 Å². The molecule has 0 radical (unpaired) electrons. The number of rotatable bonds is 7. The van der Waals surface area contributed by atoms with E-state index in [2.05, 4.69) is 131 Å². The number of furan rings is 2. The lowest BCUT2D eigenvalue weighted by molar-refractivity contribution is 0.665. The molecule has 4 heterocycles. The minimum atomic E-state index is 0.647. The van der Waals surface area contributed by atoms with Crippen LogP contribution in [0.1, 0.15) is 0 Å².